The second-order valence-corrected chi connectivity index (χ2v) is 7.22. The summed E-state index contributed by atoms with van der Waals surface area (Å²) in [6.45, 7) is 5.99. The van der Waals surface area contributed by atoms with Crippen molar-refractivity contribution in [3.63, 3.8) is 0 Å². The van der Waals surface area contributed by atoms with E-state index in [2.05, 4.69) is 23.5 Å². The van der Waals surface area contributed by atoms with E-state index in [1.54, 1.807) is 36.4 Å². The molecule has 0 amide bonds. The van der Waals surface area contributed by atoms with E-state index in [0.29, 0.717) is 10.7 Å². The summed E-state index contributed by atoms with van der Waals surface area (Å²) in [6.07, 6.45) is 1.53. The summed E-state index contributed by atoms with van der Waals surface area (Å²) in [5.41, 5.74) is 2.37. The third kappa shape index (κ3) is 5.28. The zero-order valence-electron chi connectivity index (χ0n) is 13.7. The zero-order valence-corrected chi connectivity index (χ0v) is 15.3. The van der Waals surface area contributed by atoms with Crippen molar-refractivity contribution >= 4 is 39.1 Å². The Kier molecular flexibility index (Phi) is 6.29. The van der Waals surface area contributed by atoms with E-state index in [1.807, 2.05) is 12.1 Å². The van der Waals surface area contributed by atoms with Gasteiger partial charge in [0.05, 0.1) is 5.41 Å². The van der Waals surface area contributed by atoms with E-state index in [0.717, 1.165) is 29.7 Å². The lowest BCUT2D eigenvalue weighted by Gasteiger charge is -2.21. The van der Waals surface area contributed by atoms with Crippen LogP contribution in [0.1, 0.15) is 19.4 Å². The molecule has 0 bridgehead atoms. The van der Waals surface area contributed by atoms with Crippen LogP contribution in [0.15, 0.2) is 53.9 Å². The van der Waals surface area contributed by atoms with E-state index < -0.39 is 10.0 Å². The Morgan fingerprint density at radius 1 is 1.00 bits per heavy atom. The molecule has 0 atom stereocenters. The van der Waals surface area contributed by atoms with Gasteiger partial charge in [0.15, 0.2) is 0 Å². The van der Waals surface area contributed by atoms with Crippen LogP contribution in [0.5, 0.6) is 0 Å². The number of nitrogens with zero attached hydrogens (tertiary/aromatic N) is 1. The first-order valence-electron chi connectivity index (χ1n) is 7.75. The van der Waals surface area contributed by atoms with Gasteiger partial charge in [-0.15, -0.1) is 0 Å². The minimum absolute atomic E-state index is 0.534. The maximum absolute atomic E-state index is 12.1. The molecule has 4 nitrogen and oxygen atoms in total. The van der Waals surface area contributed by atoms with Crippen LogP contribution in [0.2, 0.25) is 5.02 Å². The molecule has 0 aliphatic carbocycles. The first kappa shape index (κ1) is 18.4. The second-order valence-electron chi connectivity index (χ2n) is 5.22. The quantitative estimate of drug-likeness (QED) is 0.781. The van der Waals surface area contributed by atoms with Gasteiger partial charge in [-0.25, -0.2) is 8.42 Å². The van der Waals surface area contributed by atoms with Gasteiger partial charge in [0.25, 0.3) is 10.0 Å². The fourth-order valence-corrected chi connectivity index (χ4v) is 3.26. The largest absolute Gasteiger partial charge is 0.372 e. The van der Waals surface area contributed by atoms with Crippen LogP contribution in [0.25, 0.3) is 6.08 Å². The molecule has 0 radical (unpaired) electrons. The summed E-state index contributed by atoms with van der Waals surface area (Å²) in [5, 5.41) is 1.76. The van der Waals surface area contributed by atoms with Crippen LogP contribution in [0, 0.1) is 0 Å². The summed E-state index contributed by atoms with van der Waals surface area (Å²) in [5.74, 6) is 0. The number of halogens is 1. The highest BCUT2D eigenvalue weighted by Gasteiger charge is 2.07. The average molecular weight is 365 g/mol. The van der Waals surface area contributed by atoms with Gasteiger partial charge in [0, 0.05) is 29.5 Å². The van der Waals surface area contributed by atoms with E-state index in [9.17, 15) is 8.42 Å². The Bertz CT molecular complexity index is 781. The Morgan fingerprint density at radius 2 is 1.58 bits per heavy atom. The first-order chi connectivity index (χ1) is 11.4. The molecule has 2 aromatic carbocycles. The van der Waals surface area contributed by atoms with Crippen LogP contribution < -0.4 is 9.62 Å². The molecule has 0 saturated heterocycles. The van der Waals surface area contributed by atoms with E-state index in [4.69, 9.17) is 11.6 Å². The number of nitrogens with one attached hydrogen (secondary N) is 1. The van der Waals surface area contributed by atoms with Crippen molar-refractivity contribution in [3.05, 3.63) is 64.5 Å². The predicted molar refractivity (Wildman–Crippen MR) is 103 cm³/mol. The van der Waals surface area contributed by atoms with E-state index in [-0.39, 0.29) is 0 Å². The maximum Gasteiger partial charge on any atom is 0.255 e. The van der Waals surface area contributed by atoms with Gasteiger partial charge in [0.1, 0.15) is 0 Å². The zero-order chi connectivity index (χ0) is 17.6. The second kappa shape index (κ2) is 8.22. The van der Waals surface area contributed by atoms with Crippen LogP contribution >= 0.6 is 11.6 Å². The van der Waals surface area contributed by atoms with E-state index in [1.165, 1.54) is 6.08 Å². The summed E-state index contributed by atoms with van der Waals surface area (Å²) in [4.78, 5) is 2.19. The molecule has 0 unspecified atom stereocenters. The Morgan fingerprint density at radius 3 is 2.12 bits per heavy atom. The lowest BCUT2D eigenvalue weighted by atomic mass is 10.2. The third-order valence-electron chi connectivity index (χ3n) is 3.57. The van der Waals surface area contributed by atoms with Gasteiger partial charge >= 0.3 is 0 Å². The highest BCUT2D eigenvalue weighted by Crippen LogP contribution is 2.19. The van der Waals surface area contributed by atoms with Crippen molar-refractivity contribution in [3.8, 4) is 0 Å². The third-order valence-corrected chi connectivity index (χ3v) is 4.83. The molecule has 0 aromatic heterocycles. The fraction of sp³-hybridized carbons (Fsp3) is 0.222. The molecule has 2 aromatic rings. The first-order valence-corrected chi connectivity index (χ1v) is 9.67. The van der Waals surface area contributed by atoms with Crippen molar-refractivity contribution in [1.29, 1.82) is 0 Å². The SMILES string of the molecule is CCN(CC)c1ccc(NS(=O)(=O)/C=C/c2ccc(Cl)cc2)cc1. The Balaban J connectivity index is 2.07. The lowest BCUT2D eigenvalue weighted by molar-refractivity contribution is 0.609. The molecular formula is C18H21ClN2O2S. The molecule has 2 rings (SSSR count). The monoisotopic (exact) mass is 364 g/mol. The predicted octanol–water partition coefficient (Wildman–Crippen LogP) is 4.60. The number of rotatable bonds is 7. The van der Waals surface area contributed by atoms with Crippen LogP contribution in [-0.2, 0) is 10.0 Å². The maximum atomic E-state index is 12.1. The molecule has 128 valence electrons. The van der Waals surface area contributed by atoms with Crippen molar-refractivity contribution in [1.82, 2.24) is 0 Å². The van der Waals surface area contributed by atoms with Crippen molar-refractivity contribution < 1.29 is 8.42 Å². The van der Waals surface area contributed by atoms with Crippen LogP contribution in [0.4, 0.5) is 11.4 Å². The summed E-state index contributed by atoms with van der Waals surface area (Å²) in [6, 6.07) is 14.3. The van der Waals surface area contributed by atoms with Crippen molar-refractivity contribution in [2.24, 2.45) is 0 Å². The molecule has 1 N–H and O–H groups in total. The number of anilines is 2. The molecule has 0 aliphatic rings. The number of benzene rings is 2. The molecular weight excluding hydrogens is 344 g/mol. The minimum atomic E-state index is -3.56. The molecule has 6 heteroatoms. The molecule has 0 spiro atoms. The topological polar surface area (TPSA) is 49.4 Å². The normalized spacial score (nSPS) is 11.6. The minimum Gasteiger partial charge on any atom is -0.372 e. The van der Waals surface area contributed by atoms with Crippen LogP contribution in [-0.4, -0.2) is 21.5 Å². The van der Waals surface area contributed by atoms with Gasteiger partial charge in [-0.3, -0.25) is 4.72 Å². The van der Waals surface area contributed by atoms with Gasteiger partial charge in [0.2, 0.25) is 0 Å². The molecule has 24 heavy (non-hydrogen) atoms. The fourth-order valence-electron chi connectivity index (χ4n) is 2.27. The van der Waals surface area contributed by atoms with Gasteiger partial charge in [-0.1, -0.05) is 23.7 Å². The van der Waals surface area contributed by atoms with Crippen LogP contribution in [0.3, 0.4) is 0 Å². The Hall–Kier alpha value is -1.98. The highest BCUT2D eigenvalue weighted by molar-refractivity contribution is 7.95. The summed E-state index contributed by atoms with van der Waals surface area (Å²) >= 11 is 5.81. The summed E-state index contributed by atoms with van der Waals surface area (Å²) < 4.78 is 26.8. The number of hydrogen-bond donors (Lipinski definition) is 1. The van der Waals surface area contributed by atoms with Gasteiger partial charge < -0.3 is 4.90 Å². The Labute approximate surface area is 148 Å². The van der Waals surface area contributed by atoms with Gasteiger partial charge in [-0.2, -0.15) is 0 Å². The molecule has 0 aliphatic heterocycles. The standard InChI is InChI=1S/C18H21ClN2O2S/c1-3-21(4-2)18-11-9-17(10-12-18)20-24(22,23)14-13-15-5-7-16(19)8-6-15/h5-14,20H,3-4H2,1-2H3/b14-13+. The smallest absolute Gasteiger partial charge is 0.255 e. The van der Waals surface area contributed by atoms with Gasteiger partial charge in [-0.05, 0) is 61.9 Å². The number of hydrogen-bond acceptors (Lipinski definition) is 3. The summed E-state index contributed by atoms with van der Waals surface area (Å²) in [7, 11) is -3.56. The van der Waals surface area contributed by atoms with Crippen molar-refractivity contribution in [2.75, 3.05) is 22.7 Å². The van der Waals surface area contributed by atoms with E-state index >= 15 is 0 Å². The van der Waals surface area contributed by atoms with Crippen molar-refractivity contribution in [2.45, 2.75) is 13.8 Å². The molecule has 0 heterocycles. The molecule has 0 fully saturated rings. The average Bonchev–Trinajstić information content (AvgIpc) is 2.57. The number of sulfonamides is 1. The highest BCUT2D eigenvalue weighted by atomic mass is 35.5. The lowest BCUT2D eigenvalue weighted by Crippen LogP contribution is -2.21. The molecule has 0 saturated carbocycles.